The zero-order valence-electron chi connectivity index (χ0n) is 28.1. The number of aryl methyl sites for hydroxylation is 2. The fourth-order valence-electron chi connectivity index (χ4n) is 7.12. The average Bonchev–Trinajstić information content (AvgIpc) is 2.99. The zero-order valence-corrected chi connectivity index (χ0v) is 28.1. The maximum absolute atomic E-state index is 14.8. The van der Waals surface area contributed by atoms with E-state index in [1.165, 1.54) is 12.1 Å². The van der Waals surface area contributed by atoms with E-state index in [2.05, 4.69) is 0 Å². The Kier molecular flexibility index (Phi) is 10.0. The first-order valence-electron chi connectivity index (χ1n) is 16.7. The second-order valence-electron chi connectivity index (χ2n) is 13.5. The normalized spacial score (nSPS) is 15.8. The van der Waals surface area contributed by atoms with E-state index < -0.39 is 23.5 Å². The largest absolute Gasteiger partial charge is 0.305 e. The van der Waals surface area contributed by atoms with Crippen LogP contribution in [-0.2, 0) is 12.8 Å². The Bertz CT molecular complexity index is 1850. The van der Waals surface area contributed by atoms with E-state index in [1.807, 2.05) is 59.7 Å². The summed E-state index contributed by atoms with van der Waals surface area (Å²) in [4.78, 5) is 24.7. The summed E-state index contributed by atoms with van der Waals surface area (Å²) < 4.78 is 58.3. The van der Waals surface area contributed by atoms with Gasteiger partial charge in [-0.2, -0.15) is 0 Å². The molecule has 0 spiro atoms. The number of rotatable bonds is 10. The number of nitrogens with one attached hydrogen (secondary N) is 1. The third-order valence-electron chi connectivity index (χ3n) is 9.68. The van der Waals surface area contributed by atoms with Crippen LogP contribution in [0.25, 0.3) is 16.7 Å². The van der Waals surface area contributed by atoms with Crippen molar-refractivity contribution in [2.75, 3.05) is 0 Å². The SMILES string of the molecule is CCCC(=N)c1c(CC)ccc(-n2c(C(Cc3cc(F)cc(F)c3)C(C)C)nc3nc(C4CCC(F)(F)CC4)cc(C)c3c2=O)c1C. The van der Waals surface area contributed by atoms with Gasteiger partial charge in [0.15, 0.2) is 5.65 Å². The molecule has 0 saturated heterocycles. The highest BCUT2D eigenvalue weighted by atomic mass is 19.3. The standard InChI is InChI=1S/C38H44F4N4O/c1-7-9-30(43)34-23(6)32(11-10-25(34)8-2)46-36(29(21(3)4)19-24-17-27(39)20-28(40)18-24)45-35-33(37(46)47)22(5)16-31(44-35)26-12-14-38(41,42)15-13-26/h10-11,16-18,20-21,26,29,43H,7-9,12-15,19H2,1-6H3. The topological polar surface area (TPSA) is 71.6 Å². The Morgan fingerprint density at radius 2 is 1.68 bits per heavy atom. The zero-order chi connectivity index (χ0) is 34.2. The predicted molar refractivity (Wildman–Crippen MR) is 180 cm³/mol. The summed E-state index contributed by atoms with van der Waals surface area (Å²) >= 11 is 0. The Balaban J connectivity index is 1.79. The van der Waals surface area contributed by atoms with E-state index >= 15 is 0 Å². The molecular weight excluding hydrogens is 604 g/mol. The van der Waals surface area contributed by atoms with Crippen LogP contribution < -0.4 is 5.56 Å². The van der Waals surface area contributed by atoms with Crippen LogP contribution in [0.3, 0.4) is 0 Å². The molecule has 1 fully saturated rings. The molecule has 1 unspecified atom stereocenters. The lowest BCUT2D eigenvalue weighted by molar-refractivity contribution is -0.0384. The Labute approximate surface area is 274 Å². The van der Waals surface area contributed by atoms with Gasteiger partial charge in [0.2, 0.25) is 5.92 Å². The molecule has 250 valence electrons. The molecular formula is C38H44F4N4O. The summed E-state index contributed by atoms with van der Waals surface area (Å²) in [6.45, 7) is 11.8. The van der Waals surface area contributed by atoms with Gasteiger partial charge in [-0.3, -0.25) is 9.36 Å². The smallest absolute Gasteiger partial charge is 0.267 e. The molecule has 2 aromatic carbocycles. The van der Waals surface area contributed by atoms with Crippen molar-refractivity contribution in [3.63, 3.8) is 0 Å². The van der Waals surface area contributed by atoms with Crippen molar-refractivity contribution < 1.29 is 17.6 Å². The number of halogens is 4. The van der Waals surface area contributed by atoms with Gasteiger partial charge in [-0.15, -0.1) is 0 Å². The van der Waals surface area contributed by atoms with Crippen molar-refractivity contribution in [2.45, 2.75) is 111 Å². The minimum Gasteiger partial charge on any atom is -0.305 e. The molecule has 2 heterocycles. The van der Waals surface area contributed by atoms with Crippen LogP contribution >= 0.6 is 0 Å². The second kappa shape index (κ2) is 13.7. The number of aromatic nitrogens is 3. The molecule has 1 aliphatic rings. The van der Waals surface area contributed by atoms with Gasteiger partial charge in [0.05, 0.1) is 11.1 Å². The van der Waals surface area contributed by atoms with Crippen molar-refractivity contribution in [1.29, 1.82) is 5.41 Å². The fourth-order valence-corrected chi connectivity index (χ4v) is 7.12. The Morgan fingerprint density at radius 3 is 2.28 bits per heavy atom. The summed E-state index contributed by atoms with van der Waals surface area (Å²) in [7, 11) is 0. The second-order valence-corrected chi connectivity index (χ2v) is 13.5. The average molecular weight is 649 g/mol. The van der Waals surface area contributed by atoms with Crippen LogP contribution in [0, 0.1) is 36.8 Å². The highest BCUT2D eigenvalue weighted by Crippen LogP contribution is 2.41. The summed E-state index contributed by atoms with van der Waals surface area (Å²) in [5, 5.41) is 9.24. The van der Waals surface area contributed by atoms with E-state index in [4.69, 9.17) is 15.4 Å². The lowest BCUT2D eigenvalue weighted by Gasteiger charge is -2.29. The maximum Gasteiger partial charge on any atom is 0.267 e. The summed E-state index contributed by atoms with van der Waals surface area (Å²) in [6, 6.07) is 9.11. The summed E-state index contributed by atoms with van der Waals surface area (Å²) in [6.07, 6.45) is 2.50. The molecule has 1 atom stereocenters. The first-order valence-corrected chi connectivity index (χ1v) is 16.7. The van der Waals surface area contributed by atoms with E-state index in [-0.39, 0.29) is 42.3 Å². The van der Waals surface area contributed by atoms with E-state index in [0.717, 1.165) is 35.6 Å². The molecule has 0 bridgehead atoms. The third-order valence-corrected chi connectivity index (χ3v) is 9.68. The monoisotopic (exact) mass is 648 g/mol. The molecule has 0 aliphatic heterocycles. The Hall–Kier alpha value is -3.88. The summed E-state index contributed by atoms with van der Waals surface area (Å²) in [5.41, 5.74) is 5.39. The van der Waals surface area contributed by atoms with Gasteiger partial charge in [0.25, 0.3) is 5.56 Å². The highest BCUT2D eigenvalue weighted by molar-refractivity contribution is 6.01. The molecule has 5 rings (SSSR count). The Morgan fingerprint density at radius 1 is 1.02 bits per heavy atom. The number of alkyl halides is 2. The fraction of sp³-hybridized carbons (Fsp3) is 0.474. The van der Waals surface area contributed by atoms with Crippen LogP contribution in [0.1, 0.15) is 117 Å². The minimum absolute atomic E-state index is 0.102. The van der Waals surface area contributed by atoms with Crippen LogP contribution in [-0.4, -0.2) is 26.2 Å². The van der Waals surface area contributed by atoms with Gasteiger partial charge in [-0.25, -0.2) is 27.5 Å². The van der Waals surface area contributed by atoms with Crippen LogP contribution in [0.15, 0.2) is 41.2 Å². The quantitative estimate of drug-likeness (QED) is 0.138. The third kappa shape index (κ3) is 7.04. The molecule has 9 heteroatoms. The van der Waals surface area contributed by atoms with Gasteiger partial charge in [0, 0.05) is 47.7 Å². The van der Waals surface area contributed by atoms with Crippen LogP contribution in [0.2, 0.25) is 0 Å². The first-order chi connectivity index (χ1) is 22.2. The van der Waals surface area contributed by atoms with Crippen molar-refractivity contribution >= 4 is 16.7 Å². The number of fused-ring (bicyclic) bond motifs is 1. The lowest BCUT2D eigenvalue weighted by atomic mass is 9.84. The van der Waals surface area contributed by atoms with Gasteiger partial charge < -0.3 is 5.41 Å². The number of hydrogen-bond acceptors (Lipinski definition) is 4. The molecule has 4 aromatic rings. The van der Waals surface area contributed by atoms with E-state index in [0.29, 0.717) is 58.7 Å². The number of benzene rings is 2. The molecule has 1 saturated carbocycles. The van der Waals surface area contributed by atoms with Crippen LogP contribution in [0.4, 0.5) is 17.6 Å². The van der Waals surface area contributed by atoms with Crippen molar-refractivity contribution in [1.82, 2.24) is 14.5 Å². The van der Waals surface area contributed by atoms with Gasteiger partial charge in [-0.05, 0) is 98.4 Å². The molecule has 0 radical (unpaired) electrons. The molecule has 2 aromatic heterocycles. The predicted octanol–water partition coefficient (Wildman–Crippen LogP) is 9.68. The summed E-state index contributed by atoms with van der Waals surface area (Å²) in [5.74, 6) is -4.36. The van der Waals surface area contributed by atoms with Crippen molar-refractivity contribution in [3.05, 3.63) is 97.7 Å². The number of hydrogen-bond donors (Lipinski definition) is 1. The molecule has 5 nitrogen and oxygen atoms in total. The van der Waals surface area contributed by atoms with E-state index in [9.17, 15) is 22.4 Å². The number of nitrogens with zero attached hydrogens (tertiary/aromatic N) is 3. The lowest BCUT2D eigenvalue weighted by Crippen LogP contribution is -2.30. The van der Waals surface area contributed by atoms with Crippen LogP contribution in [0.5, 0.6) is 0 Å². The van der Waals surface area contributed by atoms with Gasteiger partial charge in [-0.1, -0.05) is 40.2 Å². The number of pyridine rings is 1. The van der Waals surface area contributed by atoms with Gasteiger partial charge >= 0.3 is 0 Å². The van der Waals surface area contributed by atoms with Gasteiger partial charge in [0.1, 0.15) is 17.5 Å². The highest BCUT2D eigenvalue weighted by Gasteiger charge is 2.36. The molecule has 1 N–H and O–H groups in total. The molecule has 47 heavy (non-hydrogen) atoms. The maximum atomic E-state index is 14.8. The van der Waals surface area contributed by atoms with Crippen molar-refractivity contribution in [3.8, 4) is 5.69 Å². The first kappa shape index (κ1) is 34.5. The van der Waals surface area contributed by atoms with E-state index in [1.54, 1.807) is 4.57 Å². The molecule has 0 amide bonds. The molecule has 1 aliphatic carbocycles. The minimum atomic E-state index is -2.68. The van der Waals surface area contributed by atoms with Crippen molar-refractivity contribution in [2.24, 2.45) is 5.92 Å².